The van der Waals surface area contributed by atoms with Crippen LogP contribution in [0.1, 0.15) is 12.0 Å². The molecule has 3 rings (SSSR count). The van der Waals surface area contributed by atoms with Crippen molar-refractivity contribution in [2.24, 2.45) is 0 Å². The molecule has 0 unspecified atom stereocenters. The molecule has 3 amide bonds. The quantitative estimate of drug-likeness (QED) is 0.788. The third-order valence-electron chi connectivity index (χ3n) is 4.97. The van der Waals surface area contributed by atoms with Gasteiger partial charge in [-0.3, -0.25) is 4.79 Å². The van der Waals surface area contributed by atoms with Gasteiger partial charge in [-0.15, -0.1) is 0 Å². The number of rotatable bonds is 6. The van der Waals surface area contributed by atoms with Crippen molar-refractivity contribution in [3.63, 3.8) is 0 Å². The monoisotopic (exact) mass is 396 g/mol. The lowest BCUT2D eigenvalue weighted by Gasteiger charge is -2.36. The van der Waals surface area contributed by atoms with Gasteiger partial charge < -0.3 is 25.2 Å². The van der Waals surface area contributed by atoms with E-state index < -0.39 is 0 Å². The summed E-state index contributed by atoms with van der Waals surface area (Å²) in [5.41, 5.74) is 3.11. The summed E-state index contributed by atoms with van der Waals surface area (Å²) in [6.45, 7) is 5.43. The van der Waals surface area contributed by atoms with E-state index in [1.165, 1.54) is 11.3 Å². The number of ether oxygens (including phenoxy) is 1. The number of amides is 3. The summed E-state index contributed by atoms with van der Waals surface area (Å²) in [5.74, 6) is 0.794. The summed E-state index contributed by atoms with van der Waals surface area (Å²) in [5, 5.41) is 5.47. The topological polar surface area (TPSA) is 73.9 Å². The van der Waals surface area contributed by atoms with Crippen LogP contribution >= 0.6 is 0 Å². The van der Waals surface area contributed by atoms with Crippen molar-refractivity contribution in [2.45, 2.75) is 13.3 Å². The van der Waals surface area contributed by atoms with Crippen molar-refractivity contribution in [1.82, 2.24) is 10.2 Å². The van der Waals surface area contributed by atoms with Gasteiger partial charge in [-0.25, -0.2) is 4.79 Å². The summed E-state index contributed by atoms with van der Waals surface area (Å²) in [6, 6.07) is 15.2. The maximum Gasteiger partial charge on any atom is 0.319 e. The smallest absolute Gasteiger partial charge is 0.319 e. The van der Waals surface area contributed by atoms with Crippen LogP contribution in [0.5, 0.6) is 5.75 Å². The van der Waals surface area contributed by atoms with Gasteiger partial charge in [-0.2, -0.15) is 0 Å². The van der Waals surface area contributed by atoms with Crippen molar-refractivity contribution in [3.8, 4) is 5.75 Å². The van der Waals surface area contributed by atoms with E-state index in [1.54, 1.807) is 31.4 Å². The van der Waals surface area contributed by atoms with Crippen molar-refractivity contribution >= 4 is 23.3 Å². The molecule has 2 aromatic rings. The molecule has 1 saturated heterocycles. The average molecular weight is 396 g/mol. The van der Waals surface area contributed by atoms with Crippen LogP contribution in [0.4, 0.5) is 16.2 Å². The zero-order valence-corrected chi connectivity index (χ0v) is 17.0. The lowest BCUT2D eigenvalue weighted by atomic mass is 10.2. The number of carbonyl (C=O) groups excluding carboxylic acids is 2. The van der Waals surface area contributed by atoms with Gasteiger partial charge in [0.25, 0.3) is 0 Å². The second-order valence-corrected chi connectivity index (χ2v) is 7.07. The molecule has 1 aliphatic heterocycles. The fraction of sp³-hybridized carbons (Fsp3) is 0.364. The summed E-state index contributed by atoms with van der Waals surface area (Å²) in [4.78, 5) is 28.6. The average Bonchev–Trinajstić information content (AvgIpc) is 2.74. The van der Waals surface area contributed by atoms with Crippen molar-refractivity contribution in [2.75, 3.05) is 50.1 Å². The number of anilines is 2. The Kier molecular flexibility index (Phi) is 6.94. The van der Waals surface area contributed by atoms with Crippen LogP contribution in [0.25, 0.3) is 0 Å². The first-order valence-electron chi connectivity index (χ1n) is 9.83. The minimum atomic E-state index is -0.327. The number of urea groups is 1. The Balaban J connectivity index is 1.37. The maximum absolute atomic E-state index is 12.4. The number of methoxy groups -OCH3 is 1. The van der Waals surface area contributed by atoms with Gasteiger partial charge in [0.15, 0.2) is 0 Å². The number of aryl methyl sites for hydroxylation is 1. The molecule has 0 aliphatic carbocycles. The molecule has 1 heterocycles. The Morgan fingerprint density at radius 2 is 1.76 bits per heavy atom. The predicted molar refractivity (Wildman–Crippen MR) is 115 cm³/mol. The Hall–Kier alpha value is -3.22. The molecule has 2 aromatic carbocycles. The molecule has 29 heavy (non-hydrogen) atoms. The molecule has 7 heteroatoms. The Morgan fingerprint density at radius 3 is 2.41 bits per heavy atom. The molecule has 1 fully saturated rings. The van der Waals surface area contributed by atoms with Gasteiger partial charge in [-0.1, -0.05) is 12.1 Å². The third-order valence-corrected chi connectivity index (χ3v) is 4.97. The Bertz CT molecular complexity index is 830. The van der Waals surface area contributed by atoms with E-state index in [2.05, 4.69) is 46.7 Å². The van der Waals surface area contributed by atoms with E-state index in [0.29, 0.717) is 31.7 Å². The van der Waals surface area contributed by atoms with Crippen molar-refractivity contribution in [3.05, 3.63) is 54.1 Å². The van der Waals surface area contributed by atoms with Crippen LogP contribution in [-0.2, 0) is 4.79 Å². The van der Waals surface area contributed by atoms with E-state index in [4.69, 9.17) is 4.74 Å². The van der Waals surface area contributed by atoms with Crippen LogP contribution in [0.2, 0.25) is 0 Å². The van der Waals surface area contributed by atoms with Gasteiger partial charge in [0.05, 0.1) is 7.11 Å². The molecule has 0 spiro atoms. The Labute approximate surface area is 171 Å². The first kappa shape index (κ1) is 20.5. The van der Waals surface area contributed by atoms with Crippen LogP contribution in [0, 0.1) is 6.92 Å². The summed E-state index contributed by atoms with van der Waals surface area (Å²) >= 11 is 0. The second kappa shape index (κ2) is 9.82. The third kappa shape index (κ3) is 5.88. The molecule has 154 valence electrons. The molecule has 2 N–H and O–H groups in total. The normalized spacial score (nSPS) is 13.7. The SMILES string of the molecule is COc1ccc(NC(=O)NCCC(=O)N2CCN(c3cccc(C)c3)CC2)cc1. The number of carbonyl (C=O) groups is 2. The fourth-order valence-electron chi connectivity index (χ4n) is 3.33. The zero-order chi connectivity index (χ0) is 20.6. The summed E-state index contributed by atoms with van der Waals surface area (Å²) in [6.07, 6.45) is 0.292. The number of benzene rings is 2. The zero-order valence-electron chi connectivity index (χ0n) is 17.0. The van der Waals surface area contributed by atoms with Crippen LogP contribution in [0.15, 0.2) is 48.5 Å². The molecule has 0 aromatic heterocycles. The van der Waals surface area contributed by atoms with Gasteiger partial charge in [0.2, 0.25) is 5.91 Å². The molecule has 0 radical (unpaired) electrons. The number of piperazine rings is 1. The highest BCUT2D eigenvalue weighted by atomic mass is 16.5. The van der Waals surface area contributed by atoms with Gasteiger partial charge in [0.1, 0.15) is 5.75 Å². The summed E-state index contributed by atoms with van der Waals surface area (Å²) < 4.78 is 5.09. The fourth-order valence-corrected chi connectivity index (χ4v) is 3.33. The number of hydrogen-bond acceptors (Lipinski definition) is 4. The van der Waals surface area contributed by atoms with Crippen molar-refractivity contribution < 1.29 is 14.3 Å². The molecule has 1 aliphatic rings. The highest BCUT2D eigenvalue weighted by Gasteiger charge is 2.21. The van der Waals surface area contributed by atoms with Crippen LogP contribution in [-0.4, -0.2) is 56.7 Å². The number of hydrogen-bond donors (Lipinski definition) is 2. The maximum atomic E-state index is 12.4. The molecular weight excluding hydrogens is 368 g/mol. The first-order chi connectivity index (χ1) is 14.0. The van der Waals surface area contributed by atoms with Crippen LogP contribution < -0.4 is 20.3 Å². The molecule has 0 saturated carbocycles. The van der Waals surface area contributed by atoms with E-state index in [-0.39, 0.29) is 11.9 Å². The summed E-state index contributed by atoms with van der Waals surface area (Å²) in [7, 11) is 1.59. The second-order valence-electron chi connectivity index (χ2n) is 7.07. The van der Waals surface area contributed by atoms with Crippen molar-refractivity contribution in [1.29, 1.82) is 0 Å². The largest absolute Gasteiger partial charge is 0.497 e. The van der Waals surface area contributed by atoms with Gasteiger partial charge in [0, 0.05) is 50.5 Å². The van der Waals surface area contributed by atoms with E-state index in [9.17, 15) is 9.59 Å². The number of nitrogens with one attached hydrogen (secondary N) is 2. The Morgan fingerprint density at radius 1 is 1.03 bits per heavy atom. The predicted octanol–water partition coefficient (Wildman–Crippen LogP) is 2.86. The van der Waals surface area contributed by atoms with Crippen LogP contribution in [0.3, 0.4) is 0 Å². The molecule has 0 bridgehead atoms. The lowest BCUT2D eigenvalue weighted by molar-refractivity contribution is -0.131. The van der Waals surface area contributed by atoms with E-state index in [0.717, 1.165) is 18.8 Å². The standard InChI is InChI=1S/C22H28N4O3/c1-17-4-3-5-19(16-17)25-12-14-26(15-13-25)21(27)10-11-23-22(28)24-18-6-8-20(29-2)9-7-18/h3-9,16H,10-15H2,1-2H3,(H2,23,24,28). The number of nitrogens with zero attached hydrogens (tertiary/aromatic N) is 2. The lowest BCUT2D eigenvalue weighted by Crippen LogP contribution is -2.49. The first-order valence-corrected chi connectivity index (χ1v) is 9.83. The highest BCUT2D eigenvalue weighted by Crippen LogP contribution is 2.18. The molecular formula is C22H28N4O3. The highest BCUT2D eigenvalue weighted by molar-refractivity contribution is 5.89. The molecule has 0 atom stereocenters. The van der Waals surface area contributed by atoms with Gasteiger partial charge >= 0.3 is 6.03 Å². The van der Waals surface area contributed by atoms with E-state index in [1.807, 2.05) is 4.90 Å². The minimum Gasteiger partial charge on any atom is -0.497 e. The minimum absolute atomic E-state index is 0.0682. The van der Waals surface area contributed by atoms with Gasteiger partial charge in [-0.05, 0) is 48.9 Å². The molecule has 7 nitrogen and oxygen atoms in total. The van der Waals surface area contributed by atoms with E-state index >= 15 is 0 Å².